The van der Waals surface area contributed by atoms with Crippen molar-refractivity contribution < 1.29 is 18.7 Å². The largest absolute Gasteiger partial charge is 0.469 e. The lowest BCUT2D eigenvalue weighted by Gasteiger charge is -2.29. The first-order valence-corrected chi connectivity index (χ1v) is 9.29. The van der Waals surface area contributed by atoms with Gasteiger partial charge in [0.1, 0.15) is 5.82 Å². The zero-order valence-electron chi connectivity index (χ0n) is 14.5. The number of piperidine rings is 1. The Labute approximate surface area is 155 Å². The summed E-state index contributed by atoms with van der Waals surface area (Å²) < 4.78 is 17.8. The van der Waals surface area contributed by atoms with E-state index in [1.54, 1.807) is 40.5 Å². The second kappa shape index (κ2) is 8.27. The number of likely N-dealkylation sites (tertiary alicyclic amines) is 1. The molecule has 0 aliphatic carbocycles. The number of amides is 1. The summed E-state index contributed by atoms with van der Waals surface area (Å²) in [6.07, 6.45) is 4.64. The molecule has 0 saturated carbocycles. The third kappa shape index (κ3) is 4.38. The van der Waals surface area contributed by atoms with Gasteiger partial charge in [-0.15, -0.1) is 11.3 Å². The van der Waals surface area contributed by atoms with E-state index in [1.165, 1.54) is 19.2 Å². The maximum Gasteiger partial charge on any atom is 0.308 e. The smallest absolute Gasteiger partial charge is 0.308 e. The molecule has 1 aromatic carbocycles. The number of hydrogen-bond donors (Lipinski definition) is 0. The van der Waals surface area contributed by atoms with Gasteiger partial charge in [0.15, 0.2) is 0 Å². The molecule has 0 spiro atoms. The van der Waals surface area contributed by atoms with Crippen molar-refractivity contribution >= 4 is 29.3 Å². The van der Waals surface area contributed by atoms with Gasteiger partial charge in [-0.1, -0.05) is 12.1 Å². The molecule has 1 aliphatic heterocycles. The molecule has 1 aliphatic rings. The van der Waals surface area contributed by atoms with Crippen LogP contribution in [0.5, 0.6) is 0 Å². The van der Waals surface area contributed by atoms with Gasteiger partial charge in [0.2, 0.25) is 5.91 Å². The van der Waals surface area contributed by atoms with E-state index in [0.717, 1.165) is 15.3 Å². The Kier molecular flexibility index (Phi) is 5.83. The number of nitrogens with zero attached hydrogens (tertiary/aromatic N) is 1. The fourth-order valence-corrected chi connectivity index (χ4v) is 3.89. The zero-order valence-corrected chi connectivity index (χ0v) is 15.3. The quantitative estimate of drug-likeness (QED) is 0.602. The highest BCUT2D eigenvalue weighted by molar-refractivity contribution is 7.16. The second-order valence-electron chi connectivity index (χ2n) is 6.16. The molecule has 1 amide bonds. The Hall–Kier alpha value is -2.47. The third-order valence-electron chi connectivity index (χ3n) is 4.49. The Balaban J connectivity index is 1.57. The highest BCUT2D eigenvalue weighted by Gasteiger charge is 2.26. The predicted octanol–water partition coefficient (Wildman–Crippen LogP) is 3.98. The van der Waals surface area contributed by atoms with Gasteiger partial charge in [-0.2, -0.15) is 0 Å². The van der Waals surface area contributed by atoms with E-state index >= 15 is 0 Å². The number of carbonyl (C=O) groups is 2. The Morgan fingerprint density at radius 3 is 2.50 bits per heavy atom. The number of esters is 1. The van der Waals surface area contributed by atoms with Crippen LogP contribution in [0.1, 0.15) is 17.7 Å². The van der Waals surface area contributed by atoms with Gasteiger partial charge in [-0.25, -0.2) is 4.39 Å². The molecular formula is C20H20FNO3S. The van der Waals surface area contributed by atoms with Gasteiger partial charge in [-0.05, 0) is 48.7 Å². The van der Waals surface area contributed by atoms with Crippen LogP contribution in [0.25, 0.3) is 16.5 Å². The van der Waals surface area contributed by atoms with Crippen LogP contribution in [0.3, 0.4) is 0 Å². The summed E-state index contributed by atoms with van der Waals surface area (Å²) in [7, 11) is 1.39. The topological polar surface area (TPSA) is 46.6 Å². The molecule has 0 unspecified atom stereocenters. The van der Waals surface area contributed by atoms with Gasteiger partial charge in [0.05, 0.1) is 13.0 Å². The van der Waals surface area contributed by atoms with Crippen molar-refractivity contribution in [2.45, 2.75) is 12.8 Å². The fourth-order valence-electron chi connectivity index (χ4n) is 2.97. The number of methoxy groups -OCH3 is 1. The van der Waals surface area contributed by atoms with E-state index in [-0.39, 0.29) is 23.6 Å². The van der Waals surface area contributed by atoms with Crippen molar-refractivity contribution in [3.8, 4) is 10.4 Å². The average Bonchev–Trinajstić information content (AvgIpc) is 3.15. The molecule has 2 heterocycles. The molecule has 1 aromatic heterocycles. The van der Waals surface area contributed by atoms with Crippen LogP contribution in [-0.2, 0) is 14.3 Å². The number of hydrogen-bond acceptors (Lipinski definition) is 4. The molecule has 0 N–H and O–H groups in total. The lowest BCUT2D eigenvalue weighted by molar-refractivity contribution is -0.148. The average molecular weight is 373 g/mol. The van der Waals surface area contributed by atoms with Crippen molar-refractivity contribution in [1.29, 1.82) is 0 Å². The van der Waals surface area contributed by atoms with Gasteiger partial charge in [0.25, 0.3) is 0 Å². The molecule has 136 valence electrons. The van der Waals surface area contributed by atoms with E-state index in [0.29, 0.717) is 25.9 Å². The molecule has 4 nitrogen and oxygen atoms in total. The van der Waals surface area contributed by atoms with Crippen LogP contribution in [-0.4, -0.2) is 37.0 Å². The second-order valence-corrected chi connectivity index (χ2v) is 7.28. The summed E-state index contributed by atoms with van der Waals surface area (Å²) in [5, 5.41) is 0. The molecule has 6 heteroatoms. The minimum atomic E-state index is -0.257. The predicted molar refractivity (Wildman–Crippen MR) is 100 cm³/mol. The number of benzene rings is 1. The van der Waals surface area contributed by atoms with Crippen LogP contribution < -0.4 is 0 Å². The van der Waals surface area contributed by atoms with Gasteiger partial charge in [0, 0.05) is 28.9 Å². The molecule has 0 atom stereocenters. The minimum Gasteiger partial charge on any atom is -0.469 e. The summed E-state index contributed by atoms with van der Waals surface area (Å²) in [5.41, 5.74) is 0.951. The summed E-state index contributed by atoms with van der Waals surface area (Å²) in [5.74, 6) is -0.611. The van der Waals surface area contributed by atoms with E-state index in [2.05, 4.69) is 0 Å². The number of halogens is 1. The SMILES string of the molecule is COC(=O)C1CCN(C(=O)/C=C/c2ccc(-c3ccc(F)cc3)s2)CC1. The molecule has 1 fully saturated rings. The lowest BCUT2D eigenvalue weighted by Crippen LogP contribution is -2.39. The first kappa shape index (κ1) is 18.3. The van der Waals surface area contributed by atoms with Gasteiger partial charge in [-0.3, -0.25) is 9.59 Å². The normalized spacial score (nSPS) is 15.4. The van der Waals surface area contributed by atoms with Crippen LogP contribution in [0.2, 0.25) is 0 Å². The monoisotopic (exact) mass is 373 g/mol. The lowest BCUT2D eigenvalue weighted by atomic mass is 9.97. The molecule has 1 saturated heterocycles. The van der Waals surface area contributed by atoms with Gasteiger partial charge >= 0.3 is 5.97 Å². The summed E-state index contributed by atoms with van der Waals surface area (Å²) >= 11 is 1.55. The van der Waals surface area contributed by atoms with E-state index in [4.69, 9.17) is 4.74 Å². The van der Waals surface area contributed by atoms with Crippen LogP contribution >= 0.6 is 11.3 Å². The summed E-state index contributed by atoms with van der Waals surface area (Å²) in [4.78, 5) is 27.6. The van der Waals surface area contributed by atoms with Crippen molar-refractivity contribution in [1.82, 2.24) is 4.90 Å². The van der Waals surface area contributed by atoms with Crippen molar-refractivity contribution in [3.63, 3.8) is 0 Å². The summed E-state index contributed by atoms with van der Waals surface area (Å²) in [6.45, 7) is 1.13. The Bertz CT molecular complexity index is 805. The number of carbonyl (C=O) groups excluding carboxylic acids is 2. The van der Waals surface area contributed by atoms with Crippen molar-refractivity contribution in [3.05, 3.63) is 53.2 Å². The number of ether oxygens (including phenoxy) is 1. The van der Waals surface area contributed by atoms with E-state index < -0.39 is 0 Å². The Morgan fingerprint density at radius 2 is 1.85 bits per heavy atom. The maximum atomic E-state index is 13.0. The number of rotatable bonds is 4. The fraction of sp³-hybridized carbons (Fsp3) is 0.300. The third-order valence-corrected chi connectivity index (χ3v) is 5.59. The first-order valence-electron chi connectivity index (χ1n) is 8.47. The minimum absolute atomic E-state index is 0.0509. The number of thiophene rings is 1. The highest BCUT2D eigenvalue weighted by Crippen LogP contribution is 2.29. The van der Waals surface area contributed by atoms with Crippen molar-refractivity contribution in [2.24, 2.45) is 5.92 Å². The van der Waals surface area contributed by atoms with Crippen LogP contribution in [0.15, 0.2) is 42.5 Å². The summed E-state index contributed by atoms with van der Waals surface area (Å²) in [6, 6.07) is 10.3. The molecular weight excluding hydrogens is 353 g/mol. The molecule has 3 rings (SSSR count). The highest BCUT2D eigenvalue weighted by atomic mass is 32.1. The molecule has 0 bridgehead atoms. The standard InChI is InChI=1S/C20H20FNO3S/c1-25-20(24)15-10-12-22(13-11-15)19(23)9-7-17-6-8-18(26-17)14-2-4-16(21)5-3-14/h2-9,15H,10-13H2,1H3/b9-7+. The van der Waals surface area contributed by atoms with E-state index in [9.17, 15) is 14.0 Å². The Morgan fingerprint density at radius 1 is 1.15 bits per heavy atom. The molecule has 0 radical (unpaired) electrons. The van der Waals surface area contributed by atoms with Crippen LogP contribution in [0, 0.1) is 11.7 Å². The molecule has 2 aromatic rings. The maximum absolute atomic E-state index is 13.0. The van der Waals surface area contributed by atoms with E-state index in [1.807, 2.05) is 12.1 Å². The first-order chi connectivity index (χ1) is 12.6. The van der Waals surface area contributed by atoms with Gasteiger partial charge < -0.3 is 9.64 Å². The zero-order chi connectivity index (χ0) is 18.5. The van der Waals surface area contributed by atoms with Crippen LogP contribution in [0.4, 0.5) is 4.39 Å². The van der Waals surface area contributed by atoms with Crippen molar-refractivity contribution in [2.75, 3.05) is 20.2 Å². The molecule has 26 heavy (non-hydrogen) atoms.